The van der Waals surface area contributed by atoms with Crippen molar-refractivity contribution in [1.82, 2.24) is 0 Å². The smallest absolute Gasteiger partial charge is 0.337 e. The van der Waals surface area contributed by atoms with Crippen LogP contribution >= 0.6 is 11.6 Å². The molecule has 0 heterocycles. The molecule has 98 valence electrons. The van der Waals surface area contributed by atoms with Crippen molar-refractivity contribution >= 4 is 29.2 Å². The van der Waals surface area contributed by atoms with Crippen LogP contribution in [-0.2, 0) is 4.79 Å². The molecule has 18 heavy (non-hydrogen) atoms. The molecule has 0 saturated carbocycles. The molecule has 5 nitrogen and oxygen atoms in total. The highest BCUT2D eigenvalue weighted by molar-refractivity contribution is 6.31. The highest BCUT2D eigenvalue weighted by Gasteiger charge is 2.16. The Labute approximate surface area is 110 Å². The minimum absolute atomic E-state index is 0.0560. The van der Waals surface area contributed by atoms with Gasteiger partial charge in [-0.2, -0.15) is 0 Å². The number of rotatable bonds is 5. The van der Waals surface area contributed by atoms with Crippen LogP contribution in [0.15, 0.2) is 18.2 Å². The zero-order chi connectivity index (χ0) is 13.7. The van der Waals surface area contributed by atoms with E-state index >= 15 is 0 Å². The number of anilines is 1. The summed E-state index contributed by atoms with van der Waals surface area (Å²) in [6, 6.07) is 3.59. The zero-order valence-electron chi connectivity index (χ0n) is 9.94. The Morgan fingerprint density at radius 1 is 1.50 bits per heavy atom. The van der Waals surface area contributed by atoms with Crippen LogP contribution in [0.3, 0.4) is 0 Å². The average molecular weight is 271 g/mol. The van der Waals surface area contributed by atoms with Gasteiger partial charge in [-0.25, -0.2) is 4.79 Å². The van der Waals surface area contributed by atoms with E-state index in [1.165, 1.54) is 18.2 Å². The van der Waals surface area contributed by atoms with Gasteiger partial charge in [0.2, 0.25) is 5.91 Å². The molecular weight excluding hydrogens is 256 g/mol. The van der Waals surface area contributed by atoms with Gasteiger partial charge in [-0.15, -0.1) is 0 Å². The van der Waals surface area contributed by atoms with Crippen molar-refractivity contribution in [1.29, 1.82) is 0 Å². The van der Waals surface area contributed by atoms with Gasteiger partial charge in [0.05, 0.1) is 17.3 Å². The standard InChI is InChI=1S/C12H15ClN2O3/c1-2-3-9(14)11(16)15-10-5-4-7(13)6-8(10)12(17)18/h4-6,9H,2-3,14H2,1H3,(H,15,16)(H,17,18)/t9-/m0/s1. The lowest BCUT2D eigenvalue weighted by Crippen LogP contribution is -2.35. The number of carboxylic acids is 1. The van der Waals surface area contributed by atoms with Gasteiger partial charge in [0.25, 0.3) is 0 Å². The van der Waals surface area contributed by atoms with Gasteiger partial charge < -0.3 is 16.2 Å². The lowest BCUT2D eigenvalue weighted by molar-refractivity contribution is -0.117. The first-order valence-electron chi connectivity index (χ1n) is 5.55. The van der Waals surface area contributed by atoms with Crippen LogP contribution in [0.4, 0.5) is 5.69 Å². The van der Waals surface area contributed by atoms with E-state index < -0.39 is 17.9 Å². The van der Waals surface area contributed by atoms with Crippen molar-refractivity contribution in [3.05, 3.63) is 28.8 Å². The molecule has 1 atom stereocenters. The summed E-state index contributed by atoms with van der Waals surface area (Å²) in [5.41, 5.74) is 5.79. The number of carboxylic acid groups (broad SMARTS) is 1. The molecule has 0 unspecified atom stereocenters. The first kappa shape index (κ1) is 14.5. The fourth-order valence-corrected chi connectivity index (χ4v) is 1.64. The van der Waals surface area contributed by atoms with Gasteiger partial charge in [-0.3, -0.25) is 4.79 Å². The van der Waals surface area contributed by atoms with E-state index in [2.05, 4.69) is 5.32 Å². The maximum absolute atomic E-state index is 11.7. The summed E-state index contributed by atoms with van der Waals surface area (Å²) in [4.78, 5) is 22.7. The van der Waals surface area contributed by atoms with Crippen molar-refractivity contribution in [3.63, 3.8) is 0 Å². The number of benzene rings is 1. The summed E-state index contributed by atoms with van der Waals surface area (Å²) >= 11 is 5.71. The second-order valence-electron chi connectivity index (χ2n) is 3.88. The molecule has 0 aliphatic carbocycles. The van der Waals surface area contributed by atoms with E-state index in [9.17, 15) is 9.59 Å². The van der Waals surface area contributed by atoms with Crippen LogP contribution in [0.25, 0.3) is 0 Å². The van der Waals surface area contributed by atoms with E-state index in [1.807, 2.05) is 6.92 Å². The van der Waals surface area contributed by atoms with Crippen molar-refractivity contribution in [2.75, 3.05) is 5.32 Å². The van der Waals surface area contributed by atoms with Gasteiger partial charge in [0.15, 0.2) is 0 Å². The Morgan fingerprint density at radius 3 is 2.72 bits per heavy atom. The van der Waals surface area contributed by atoms with Gasteiger partial charge in [-0.1, -0.05) is 24.9 Å². The Kier molecular flexibility index (Phi) is 5.12. The third-order valence-electron chi connectivity index (χ3n) is 2.41. The Bertz CT molecular complexity index is 463. The summed E-state index contributed by atoms with van der Waals surface area (Å²) in [5, 5.41) is 11.8. The summed E-state index contributed by atoms with van der Waals surface area (Å²) in [7, 11) is 0. The predicted octanol–water partition coefficient (Wildman–Crippen LogP) is 2.10. The topological polar surface area (TPSA) is 92.4 Å². The van der Waals surface area contributed by atoms with Crippen LogP contribution in [0.5, 0.6) is 0 Å². The van der Waals surface area contributed by atoms with Crippen LogP contribution in [0.1, 0.15) is 30.1 Å². The van der Waals surface area contributed by atoms with Gasteiger partial charge in [-0.05, 0) is 24.6 Å². The third kappa shape index (κ3) is 3.72. The zero-order valence-corrected chi connectivity index (χ0v) is 10.7. The first-order chi connectivity index (χ1) is 8.45. The van der Waals surface area contributed by atoms with Crippen molar-refractivity contribution in [3.8, 4) is 0 Å². The molecule has 0 aliphatic heterocycles. The molecule has 0 radical (unpaired) electrons. The Balaban J connectivity index is 2.90. The first-order valence-corrected chi connectivity index (χ1v) is 5.92. The number of nitrogens with two attached hydrogens (primary N) is 1. The third-order valence-corrected chi connectivity index (χ3v) is 2.64. The summed E-state index contributed by atoms with van der Waals surface area (Å²) in [6.07, 6.45) is 1.32. The average Bonchev–Trinajstić information content (AvgIpc) is 2.31. The van der Waals surface area contributed by atoms with Gasteiger partial charge in [0, 0.05) is 5.02 Å². The van der Waals surface area contributed by atoms with Gasteiger partial charge >= 0.3 is 5.97 Å². The quantitative estimate of drug-likeness (QED) is 0.764. The molecule has 0 aromatic heterocycles. The van der Waals surface area contributed by atoms with E-state index in [0.29, 0.717) is 11.4 Å². The highest BCUT2D eigenvalue weighted by Crippen LogP contribution is 2.21. The number of carbonyl (C=O) groups excluding carboxylic acids is 1. The minimum atomic E-state index is -1.16. The highest BCUT2D eigenvalue weighted by atomic mass is 35.5. The lowest BCUT2D eigenvalue weighted by atomic mass is 10.1. The van der Waals surface area contributed by atoms with Crippen LogP contribution in [0.2, 0.25) is 5.02 Å². The van der Waals surface area contributed by atoms with Gasteiger partial charge in [0.1, 0.15) is 0 Å². The second-order valence-corrected chi connectivity index (χ2v) is 4.32. The Hall–Kier alpha value is -1.59. The predicted molar refractivity (Wildman–Crippen MR) is 69.9 cm³/mol. The maximum atomic E-state index is 11.7. The largest absolute Gasteiger partial charge is 0.478 e. The summed E-state index contributed by atoms with van der Waals surface area (Å²) < 4.78 is 0. The Morgan fingerprint density at radius 2 is 2.17 bits per heavy atom. The molecule has 1 rings (SSSR count). The number of halogens is 1. The fourth-order valence-electron chi connectivity index (χ4n) is 1.47. The van der Waals surface area contributed by atoms with Crippen LogP contribution in [0, 0.1) is 0 Å². The molecule has 1 aromatic rings. The molecule has 0 fully saturated rings. The number of carbonyl (C=O) groups is 2. The second kappa shape index (κ2) is 6.37. The van der Waals surface area contributed by atoms with Crippen molar-refractivity contribution in [2.24, 2.45) is 5.73 Å². The molecule has 0 spiro atoms. The number of nitrogens with one attached hydrogen (secondary N) is 1. The summed E-state index contributed by atoms with van der Waals surface area (Å²) in [5.74, 6) is -1.56. The summed E-state index contributed by atoms with van der Waals surface area (Å²) in [6.45, 7) is 1.91. The maximum Gasteiger partial charge on any atom is 0.337 e. The lowest BCUT2D eigenvalue weighted by Gasteiger charge is -2.13. The number of amides is 1. The van der Waals surface area contributed by atoms with Crippen molar-refractivity contribution in [2.45, 2.75) is 25.8 Å². The van der Waals surface area contributed by atoms with E-state index in [0.717, 1.165) is 6.42 Å². The minimum Gasteiger partial charge on any atom is -0.478 e. The molecule has 0 aliphatic rings. The van der Waals surface area contributed by atoms with Crippen molar-refractivity contribution < 1.29 is 14.7 Å². The normalized spacial score (nSPS) is 11.9. The molecule has 1 amide bonds. The molecular formula is C12H15ClN2O3. The molecule has 1 aromatic carbocycles. The number of aromatic carboxylic acids is 1. The van der Waals surface area contributed by atoms with Crippen LogP contribution in [-0.4, -0.2) is 23.0 Å². The van der Waals surface area contributed by atoms with E-state index in [1.54, 1.807) is 0 Å². The molecule has 4 N–H and O–H groups in total. The monoisotopic (exact) mass is 270 g/mol. The SMILES string of the molecule is CCC[C@H](N)C(=O)Nc1ccc(Cl)cc1C(=O)O. The number of hydrogen-bond donors (Lipinski definition) is 3. The van der Waals surface area contributed by atoms with E-state index in [-0.39, 0.29) is 11.3 Å². The fraction of sp³-hybridized carbons (Fsp3) is 0.333. The molecule has 0 saturated heterocycles. The molecule has 0 bridgehead atoms. The number of hydrogen-bond acceptors (Lipinski definition) is 3. The molecule has 6 heteroatoms. The van der Waals surface area contributed by atoms with E-state index in [4.69, 9.17) is 22.4 Å². The van der Waals surface area contributed by atoms with Crippen LogP contribution < -0.4 is 11.1 Å².